The molecule has 0 spiro atoms. The number of carbonyl (C=O) groups excluding carboxylic acids is 2. The molecule has 6 rings (SSSR count). The summed E-state index contributed by atoms with van der Waals surface area (Å²) >= 11 is 5.98. The number of amides is 2. The van der Waals surface area contributed by atoms with E-state index in [0.29, 0.717) is 66.4 Å². The second kappa shape index (κ2) is 11.7. The molecular weight excluding hydrogens is 549 g/mol. The molecular formula is C30H27ClFN5O4. The lowest BCUT2D eigenvalue weighted by molar-refractivity contribution is -0.134. The van der Waals surface area contributed by atoms with E-state index in [0.717, 1.165) is 17.5 Å². The molecule has 1 aromatic heterocycles. The van der Waals surface area contributed by atoms with Crippen molar-refractivity contribution in [3.8, 4) is 5.75 Å². The number of nitrogens with one attached hydrogen (secondary N) is 3. The summed E-state index contributed by atoms with van der Waals surface area (Å²) in [5, 5.41) is 9.86. The average Bonchev–Trinajstić information content (AvgIpc) is 3.48. The fraction of sp³-hybridized carbons (Fsp3) is 0.267. The van der Waals surface area contributed by atoms with Gasteiger partial charge in [0.15, 0.2) is 0 Å². The first kappa shape index (κ1) is 26.9. The van der Waals surface area contributed by atoms with Crippen LogP contribution in [-0.4, -0.2) is 41.1 Å². The predicted octanol–water partition coefficient (Wildman–Crippen LogP) is 5.47. The summed E-state index contributed by atoms with van der Waals surface area (Å²) in [5.74, 6) is -0.308. The van der Waals surface area contributed by atoms with E-state index >= 15 is 0 Å². The highest BCUT2D eigenvalue weighted by atomic mass is 35.5. The van der Waals surface area contributed by atoms with E-state index in [-0.39, 0.29) is 22.9 Å². The lowest BCUT2D eigenvalue weighted by atomic mass is 9.87. The number of ether oxygens (including phenoxy) is 2. The number of halogens is 2. The van der Waals surface area contributed by atoms with E-state index in [1.54, 1.807) is 6.07 Å². The molecule has 2 aliphatic rings. The van der Waals surface area contributed by atoms with Crippen molar-refractivity contribution in [3.05, 3.63) is 82.9 Å². The Morgan fingerprint density at radius 2 is 1.98 bits per heavy atom. The maximum absolute atomic E-state index is 13.7. The van der Waals surface area contributed by atoms with E-state index in [9.17, 15) is 14.0 Å². The third-order valence-electron chi connectivity index (χ3n) is 7.24. The molecule has 4 aromatic rings. The smallest absolute Gasteiger partial charge is 0.234 e. The zero-order valence-corrected chi connectivity index (χ0v) is 22.7. The summed E-state index contributed by atoms with van der Waals surface area (Å²) in [6, 6.07) is 15.8. The Hall–Kier alpha value is -4.28. The van der Waals surface area contributed by atoms with Crippen LogP contribution < -0.4 is 20.7 Å². The molecule has 0 bridgehead atoms. The summed E-state index contributed by atoms with van der Waals surface area (Å²) in [7, 11) is 0. The summed E-state index contributed by atoms with van der Waals surface area (Å²) in [6.45, 7) is 1.54. The fourth-order valence-electron chi connectivity index (χ4n) is 5.13. The van der Waals surface area contributed by atoms with Crippen molar-refractivity contribution in [2.45, 2.75) is 37.8 Å². The number of nitrogens with zero attached hydrogens (tertiary/aromatic N) is 2. The van der Waals surface area contributed by atoms with Gasteiger partial charge in [-0.1, -0.05) is 35.9 Å². The molecule has 0 radical (unpaired) electrons. The Bertz CT molecular complexity index is 1630. The van der Waals surface area contributed by atoms with Crippen LogP contribution in [0.25, 0.3) is 10.9 Å². The van der Waals surface area contributed by atoms with Gasteiger partial charge >= 0.3 is 0 Å². The molecule has 9 nitrogen and oxygen atoms in total. The van der Waals surface area contributed by atoms with Crippen molar-refractivity contribution in [2.24, 2.45) is 0 Å². The molecule has 2 amide bonds. The fourth-order valence-corrected chi connectivity index (χ4v) is 5.31. The van der Waals surface area contributed by atoms with Gasteiger partial charge in [-0.15, -0.1) is 0 Å². The molecule has 0 aliphatic carbocycles. The second-order valence-corrected chi connectivity index (χ2v) is 10.4. The maximum atomic E-state index is 13.7. The Morgan fingerprint density at radius 3 is 2.78 bits per heavy atom. The van der Waals surface area contributed by atoms with Gasteiger partial charge in [0.2, 0.25) is 11.8 Å². The molecule has 1 unspecified atom stereocenters. The van der Waals surface area contributed by atoms with Crippen molar-refractivity contribution in [1.82, 2.24) is 15.3 Å². The van der Waals surface area contributed by atoms with Crippen molar-refractivity contribution >= 4 is 51.5 Å². The number of anilines is 3. The van der Waals surface area contributed by atoms with Crippen molar-refractivity contribution in [2.75, 3.05) is 23.8 Å². The van der Waals surface area contributed by atoms with Gasteiger partial charge in [-0.05, 0) is 41.8 Å². The number of benzene rings is 3. The molecule has 3 aromatic carbocycles. The first-order valence-electron chi connectivity index (χ1n) is 13.3. The van der Waals surface area contributed by atoms with E-state index in [2.05, 4.69) is 25.9 Å². The third kappa shape index (κ3) is 5.94. The zero-order valence-electron chi connectivity index (χ0n) is 22.0. The van der Waals surface area contributed by atoms with E-state index in [4.69, 9.17) is 21.1 Å². The lowest BCUT2D eigenvalue weighted by Gasteiger charge is -2.24. The monoisotopic (exact) mass is 575 g/mol. The van der Waals surface area contributed by atoms with Crippen molar-refractivity contribution < 1.29 is 23.5 Å². The number of piperidine rings is 1. The molecule has 2 saturated heterocycles. The topological polar surface area (TPSA) is 114 Å². The lowest BCUT2D eigenvalue weighted by Crippen LogP contribution is -2.39. The summed E-state index contributed by atoms with van der Waals surface area (Å²) in [5.41, 5.74) is 3.74. The van der Waals surface area contributed by atoms with Crippen LogP contribution in [-0.2, 0) is 20.9 Å². The van der Waals surface area contributed by atoms with E-state index in [1.165, 1.54) is 18.5 Å². The number of carbonyl (C=O) groups is 2. The highest BCUT2D eigenvalue weighted by Gasteiger charge is 2.29. The van der Waals surface area contributed by atoms with Crippen LogP contribution in [0.3, 0.4) is 0 Å². The summed E-state index contributed by atoms with van der Waals surface area (Å²) in [4.78, 5) is 33.2. The molecule has 3 N–H and O–H groups in total. The Labute approximate surface area is 240 Å². The minimum absolute atomic E-state index is 0.000125. The number of aromatic nitrogens is 2. The van der Waals surface area contributed by atoms with Crippen LogP contribution >= 0.6 is 11.6 Å². The Balaban J connectivity index is 1.33. The molecule has 11 heteroatoms. The van der Waals surface area contributed by atoms with Crippen LogP contribution in [0.1, 0.15) is 36.3 Å². The molecule has 0 saturated carbocycles. The van der Waals surface area contributed by atoms with Crippen molar-refractivity contribution in [1.29, 1.82) is 0 Å². The van der Waals surface area contributed by atoms with Crippen molar-refractivity contribution in [3.63, 3.8) is 0 Å². The number of fused-ring (bicyclic) bond motifs is 1. The van der Waals surface area contributed by atoms with Gasteiger partial charge in [0.05, 0.1) is 35.4 Å². The number of imide groups is 1. The normalized spacial score (nSPS) is 18.8. The molecule has 2 fully saturated rings. The quantitative estimate of drug-likeness (QED) is 0.237. The minimum atomic E-state index is -0.508. The number of hydrogen-bond acceptors (Lipinski definition) is 8. The molecule has 210 valence electrons. The van der Waals surface area contributed by atoms with Gasteiger partial charge in [-0.3, -0.25) is 14.9 Å². The Morgan fingerprint density at radius 1 is 1.10 bits per heavy atom. The van der Waals surface area contributed by atoms with Gasteiger partial charge in [0.1, 0.15) is 29.8 Å². The minimum Gasteiger partial charge on any atom is -0.486 e. The number of rotatable bonds is 8. The third-order valence-corrected chi connectivity index (χ3v) is 7.53. The van der Waals surface area contributed by atoms with Gasteiger partial charge in [-0.25, -0.2) is 14.4 Å². The molecule has 41 heavy (non-hydrogen) atoms. The predicted molar refractivity (Wildman–Crippen MR) is 153 cm³/mol. The molecule has 2 aliphatic heterocycles. The average molecular weight is 576 g/mol. The summed E-state index contributed by atoms with van der Waals surface area (Å²) in [6.07, 6.45) is 2.90. The van der Waals surface area contributed by atoms with E-state index < -0.39 is 11.7 Å². The summed E-state index contributed by atoms with van der Waals surface area (Å²) < 4.78 is 25.6. The van der Waals surface area contributed by atoms with Crippen LogP contribution in [0, 0.1) is 5.82 Å². The largest absolute Gasteiger partial charge is 0.486 e. The standard InChI is InChI=1S/C30H27ClFN5O4/c31-23-11-18(5-7-24(23)32)36-29-22-12-26(27(13-25(22)34-16-35-29)41-19-9-10-40-15-19)33-14-17-3-1-2-4-20(17)21-6-8-28(38)37-30(21)39/h1-5,7,11-13,16,19,21,33H,6,8-10,14-15H2,(H,34,35,36)(H,37,38,39)/t19-,21?/m0/s1. The first-order chi connectivity index (χ1) is 19.9. The molecule has 2 atom stereocenters. The van der Waals surface area contributed by atoms with Gasteiger partial charge < -0.3 is 20.1 Å². The SMILES string of the molecule is O=C1CCC(c2ccccc2CNc2cc3c(Nc4ccc(F)c(Cl)c4)ncnc3cc2O[C@H]2CCOC2)C(=O)N1. The van der Waals surface area contributed by atoms with Gasteiger partial charge in [0.25, 0.3) is 0 Å². The van der Waals surface area contributed by atoms with Crippen LogP contribution in [0.4, 0.5) is 21.6 Å². The van der Waals surface area contributed by atoms with E-state index in [1.807, 2.05) is 36.4 Å². The molecule has 3 heterocycles. The van der Waals surface area contributed by atoms with Crippen LogP contribution in [0.2, 0.25) is 5.02 Å². The Kier molecular flexibility index (Phi) is 7.67. The maximum Gasteiger partial charge on any atom is 0.234 e. The zero-order chi connectivity index (χ0) is 28.3. The number of hydrogen-bond donors (Lipinski definition) is 3. The first-order valence-corrected chi connectivity index (χ1v) is 13.7. The van der Waals surface area contributed by atoms with Gasteiger partial charge in [-0.2, -0.15) is 0 Å². The highest BCUT2D eigenvalue weighted by molar-refractivity contribution is 6.31. The van der Waals surface area contributed by atoms with Gasteiger partial charge in [0, 0.05) is 36.5 Å². The van der Waals surface area contributed by atoms with Crippen LogP contribution in [0.15, 0.2) is 60.9 Å². The highest BCUT2D eigenvalue weighted by Crippen LogP contribution is 2.36. The second-order valence-electron chi connectivity index (χ2n) is 10.0. The van der Waals surface area contributed by atoms with Crippen LogP contribution in [0.5, 0.6) is 5.75 Å².